The van der Waals surface area contributed by atoms with Gasteiger partial charge in [0.15, 0.2) is 0 Å². The number of aromatic nitrogens is 1. The highest BCUT2D eigenvalue weighted by atomic mass is 15.1. The van der Waals surface area contributed by atoms with Crippen molar-refractivity contribution in [3.05, 3.63) is 206 Å². The Bertz CT molecular complexity index is 2700. The molecule has 2 heteroatoms. The summed E-state index contributed by atoms with van der Waals surface area (Å²) in [5.74, 6) is 0. The van der Waals surface area contributed by atoms with Crippen molar-refractivity contribution in [1.82, 2.24) is 4.57 Å². The number of benzene rings is 8. The molecule has 9 aromatic rings. The molecule has 1 heterocycles. The fourth-order valence-electron chi connectivity index (χ4n) is 7.85. The van der Waals surface area contributed by atoms with Crippen LogP contribution < -0.4 is 4.90 Å². The van der Waals surface area contributed by atoms with Crippen molar-refractivity contribution in [2.45, 2.75) is 26.2 Å². The Labute approximate surface area is 318 Å². The minimum atomic E-state index is -0.0298. The van der Waals surface area contributed by atoms with Crippen LogP contribution in [0, 0.1) is 0 Å². The molecular weight excluding hydrogens is 653 g/mol. The molecule has 0 radical (unpaired) electrons. The van der Waals surface area contributed by atoms with Gasteiger partial charge in [0.2, 0.25) is 0 Å². The van der Waals surface area contributed by atoms with Crippen molar-refractivity contribution >= 4 is 38.9 Å². The molecule has 0 aliphatic rings. The summed E-state index contributed by atoms with van der Waals surface area (Å²) in [6.07, 6.45) is 0. The molecule has 54 heavy (non-hydrogen) atoms. The smallest absolute Gasteiger partial charge is 0.0561 e. The summed E-state index contributed by atoms with van der Waals surface area (Å²) >= 11 is 0. The maximum absolute atomic E-state index is 2.39. The van der Waals surface area contributed by atoms with Gasteiger partial charge in [-0.25, -0.2) is 0 Å². The van der Waals surface area contributed by atoms with Crippen LogP contribution in [0.1, 0.15) is 26.3 Å². The van der Waals surface area contributed by atoms with Crippen LogP contribution in [-0.4, -0.2) is 4.57 Å². The van der Waals surface area contributed by atoms with Crippen LogP contribution in [0.4, 0.5) is 17.1 Å². The fourth-order valence-corrected chi connectivity index (χ4v) is 7.85. The van der Waals surface area contributed by atoms with E-state index in [1.807, 2.05) is 0 Å². The van der Waals surface area contributed by atoms with Gasteiger partial charge < -0.3 is 9.47 Å². The van der Waals surface area contributed by atoms with Gasteiger partial charge in [0.1, 0.15) is 0 Å². The minimum absolute atomic E-state index is 0.0298. The lowest BCUT2D eigenvalue weighted by Gasteiger charge is -2.27. The van der Waals surface area contributed by atoms with Gasteiger partial charge in [-0.15, -0.1) is 0 Å². The number of para-hydroxylation sites is 2. The quantitative estimate of drug-likeness (QED) is 0.161. The number of fused-ring (bicyclic) bond motifs is 3. The monoisotopic (exact) mass is 694 g/mol. The number of anilines is 3. The minimum Gasteiger partial charge on any atom is -0.310 e. The third-order valence-electron chi connectivity index (χ3n) is 10.5. The van der Waals surface area contributed by atoms with Gasteiger partial charge >= 0.3 is 0 Å². The summed E-state index contributed by atoms with van der Waals surface area (Å²) in [6, 6.07) is 72.6. The predicted octanol–water partition coefficient (Wildman–Crippen LogP) is 14.6. The van der Waals surface area contributed by atoms with Crippen molar-refractivity contribution < 1.29 is 0 Å². The first-order valence-corrected chi connectivity index (χ1v) is 18.8. The van der Waals surface area contributed by atoms with Gasteiger partial charge in [-0.05, 0) is 99.0 Å². The standard InChI is InChI=1S/C52H42N2/c1-52(2,3)49-35-41(38-17-9-5-10-18-38)27-33-46(49)40-25-30-44(31-26-40)53(43-28-23-39(24-29-43)37-15-7-4-8-16-37)45-32-34-48-47-21-13-14-22-50(47)54(51(48)36-45)42-19-11-6-12-20-42/h4-36H,1-3H3. The van der Waals surface area contributed by atoms with Crippen LogP contribution in [0.15, 0.2) is 200 Å². The van der Waals surface area contributed by atoms with Gasteiger partial charge in [-0.3, -0.25) is 0 Å². The Balaban J connectivity index is 1.18. The molecule has 8 aromatic carbocycles. The van der Waals surface area contributed by atoms with Gasteiger partial charge in [-0.1, -0.05) is 166 Å². The van der Waals surface area contributed by atoms with Gasteiger partial charge in [-0.2, -0.15) is 0 Å². The SMILES string of the molecule is CC(C)(C)c1cc(-c2ccccc2)ccc1-c1ccc(N(c2ccc(-c3ccccc3)cc2)c2ccc3c4ccccc4n(-c4ccccc4)c3c2)cc1. The number of rotatable bonds is 7. The molecule has 0 bridgehead atoms. The highest BCUT2D eigenvalue weighted by Gasteiger charge is 2.21. The Morgan fingerprint density at radius 3 is 1.48 bits per heavy atom. The Morgan fingerprint density at radius 1 is 0.370 bits per heavy atom. The van der Waals surface area contributed by atoms with Gasteiger partial charge in [0.05, 0.1) is 11.0 Å². The maximum Gasteiger partial charge on any atom is 0.0561 e. The van der Waals surface area contributed by atoms with Gasteiger partial charge in [0, 0.05) is 33.5 Å². The van der Waals surface area contributed by atoms with E-state index in [4.69, 9.17) is 0 Å². The lowest BCUT2D eigenvalue weighted by molar-refractivity contribution is 0.592. The first-order valence-electron chi connectivity index (χ1n) is 18.8. The molecule has 1 aromatic heterocycles. The highest BCUT2D eigenvalue weighted by Crippen LogP contribution is 2.42. The highest BCUT2D eigenvalue weighted by molar-refractivity contribution is 6.10. The van der Waals surface area contributed by atoms with E-state index < -0.39 is 0 Å². The first-order chi connectivity index (χ1) is 26.4. The van der Waals surface area contributed by atoms with E-state index in [2.05, 4.69) is 230 Å². The molecule has 260 valence electrons. The second kappa shape index (κ2) is 13.7. The lowest BCUT2D eigenvalue weighted by atomic mass is 9.80. The molecule has 9 rings (SSSR count). The molecule has 0 fully saturated rings. The zero-order valence-corrected chi connectivity index (χ0v) is 30.9. The fraction of sp³-hybridized carbons (Fsp3) is 0.0769. The Hall–Kier alpha value is -6.64. The number of hydrogen-bond acceptors (Lipinski definition) is 1. The van der Waals surface area contributed by atoms with E-state index in [1.54, 1.807) is 0 Å². The zero-order chi connectivity index (χ0) is 36.6. The molecule has 0 saturated carbocycles. The predicted molar refractivity (Wildman–Crippen MR) is 230 cm³/mol. The second-order valence-corrected chi connectivity index (χ2v) is 15.1. The molecule has 0 N–H and O–H groups in total. The topological polar surface area (TPSA) is 8.17 Å². The maximum atomic E-state index is 2.39. The largest absolute Gasteiger partial charge is 0.310 e. The van der Waals surface area contributed by atoms with E-state index in [0.29, 0.717) is 0 Å². The third kappa shape index (κ3) is 6.16. The summed E-state index contributed by atoms with van der Waals surface area (Å²) in [4.78, 5) is 2.38. The average molecular weight is 695 g/mol. The van der Waals surface area contributed by atoms with Gasteiger partial charge in [0.25, 0.3) is 0 Å². The second-order valence-electron chi connectivity index (χ2n) is 15.1. The Kier molecular flexibility index (Phi) is 8.44. The first kappa shape index (κ1) is 33.2. The summed E-state index contributed by atoms with van der Waals surface area (Å²) in [7, 11) is 0. The Morgan fingerprint density at radius 2 is 0.852 bits per heavy atom. The van der Waals surface area contributed by atoms with E-state index in [9.17, 15) is 0 Å². The van der Waals surface area contributed by atoms with E-state index >= 15 is 0 Å². The summed E-state index contributed by atoms with van der Waals surface area (Å²) in [5, 5.41) is 2.49. The summed E-state index contributed by atoms with van der Waals surface area (Å²) < 4.78 is 2.39. The van der Waals surface area contributed by atoms with E-state index in [-0.39, 0.29) is 5.41 Å². The van der Waals surface area contributed by atoms with Crippen LogP contribution in [0.3, 0.4) is 0 Å². The lowest BCUT2D eigenvalue weighted by Crippen LogP contribution is -2.13. The molecule has 0 saturated heterocycles. The number of nitrogens with zero attached hydrogens (tertiary/aromatic N) is 2. The molecule has 0 atom stereocenters. The van der Waals surface area contributed by atoms with E-state index in [1.165, 1.54) is 60.8 Å². The zero-order valence-electron chi connectivity index (χ0n) is 30.9. The third-order valence-corrected chi connectivity index (χ3v) is 10.5. The molecule has 0 aliphatic carbocycles. The van der Waals surface area contributed by atoms with Crippen LogP contribution in [-0.2, 0) is 5.41 Å². The molecule has 0 unspecified atom stereocenters. The van der Waals surface area contributed by atoms with Crippen molar-refractivity contribution in [3.63, 3.8) is 0 Å². The number of hydrogen-bond donors (Lipinski definition) is 0. The molecule has 0 aliphatic heterocycles. The van der Waals surface area contributed by atoms with Crippen LogP contribution in [0.25, 0.3) is 60.9 Å². The normalized spacial score (nSPS) is 11.6. The summed E-state index contributed by atoms with van der Waals surface area (Å²) in [6.45, 7) is 6.92. The molecular formula is C52H42N2. The van der Waals surface area contributed by atoms with Crippen LogP contribution in [0.5, 0.6) is 0 Å². The average Bonchev–Trinajstić information content (AvgIpc) is 3.56. The van der Waals surface area contributed by atoms with Crippen molar-refractivity contribution in [1.29, 1.82) is 0 Å². The van der Waals surface area contributed by atoms with Crippen molar-refractivity contribution in [3.8, 4) is 39.1 Å². The van der Waals surface area contributed by atoms with Crippen molar-refractivity contribution in [2.75, 3.05) is 4.90 Å². The van der Waals surface area contributed by atoms with E-state index in [0.717, 1.165) is 22.7 Å². The van der Waals surface area contributed by atoms with Crippen LogP contribution in [0.2, 0.25) is 0 Å². The van der Waals surface area contributed by atoms with Crippen molar-refractivity contribution in [2.24, 2.45) is 0 Å². The molecule has 2 nitrogen and oxygen atoms in total. The molecule has 0 spiro atoms. The summed E-state index contributed by atoms with van der Waals surface area (Å²) in [5.41, 5.74) is 15.5. The van der Waals surface area contributed by atoms with Crippen LogP contribution >= 0.6 is 0 Å². The molecule has 0 amide bonds.